The van der Waals surface area contributed by atoms with E-state index in [0.717, 1.165) is 38.3 Å². The van der Waals surface area contributed by atoms with Gasteiger partial charge in [-0.05, 0) is 56.2 Å². The van der Waals surface area contributed by atoms with Crippen LogP contribution in [-0.4, -0.2) is 30.1 Å². The molecule has 0 amide bonds. The summed E-state index contributed by atoms with van der Waals surface area (Å²) in [6.45, 7) is 8.53. The van der Waals surface area contributed by atoms with Crippen molar-refractivity contribution in [2.24, 2.45) is 22.9 Å². The largest absolute Gasteiger partial charge is 0.376 e. The van der Waals surface area contributed by atoms with Crippen molar-refractivity contribution in [3.8, 4) is 0 Å². The lowest BCUT2D eigenvalue weighted by Crippen LogP contribution is -2.38. The highest BCUT2D eigenvalue weighted by atomic mass is 32.1. The van der Waals surface area contributed by atoms with Crippen LogP contribution in [0.5, 0.6) is 0 Å². The standard InChI is InChI=1S/C16H29N3OS/c1-11(2)14-7-6-12(3)9-15(14)18-19-16(21)17-10-13-5-4-8-20-13/h11-14H,4-10H2,1-3H3,(H2,17,19,21)/t12-,13+,14-/m1/s1. The van der Waals surface area contributed by atoms with E-state index in [2.05, 4.69) is 36.6 Å². The molecule has 120 valence electrons. The summed E-state index contributed by atoms with van der Waals surface area (Å²) in [4.78, 5) is 0. The Bertz CT molecular complexity index is 378. The zero-order valence-electron chi connectivity index (χ0n) is 13.5. The van der Waals surface area contributed by atoms with E-state index in [9.17, 15) is 0 Å². The highest BCUT2D eigenvalue weighted by molar-refractivity contribution is 7.80. The monoisotopic (exact) mass is 311 g/mol. The molecule has 5 heteroatoms. The van der Waals surface area contributed by atoms with Crippen LogP contribution in [0.1, 0.15) is 52.9 Å². The number of thiocarbonyl (C=S) groups is 1. The van der Waals surface area contributed by atoms with E-state index in [-0.39, 0.29) is 0 Å². The van der Waals surface area contributed by atoms with E-state index >= 15 is 0 Å². The summed E-state index contributed by atoms with van der Waals surface area (Å²) >= 11 is 5.31. The molecule has 1 saturated carbocycles. The molecule has 1 aliphatic carbocycles. The van der Waals surface area contributed by atoms with Crippen molar-refractivity contribution < 1.29 is 4.74 Å². The quantitative estimate of drug-likeness (QED) is 0.619. The molecular formula is C16H29N3OS. The maximum atomic E-state index is 5.57. The Balaban J connectivity index is 1.80. The number of hydrogen-bond acceptors (Lipinski definition) is 3. The molecule has 0 unspecified atom stereocenters. The van der Waals surface area contributed by atoms with Crippen LogP contribution in [0.3, 0.4) is 0 Å². The first kappa shape index (κ1) is 16.7. The van der Waals surface area contributed by atoms with Gasteiger partial charge in [0.15, 0.2) is 5.11 Å². The van der Waals surface area contributed by atoms with Gasteiger partial charge < -0.3 is 10.1 Å². The fourth-order valence-electron chi connectivity index (χ4n) is 3.26. The second kappa shape index (κ2) is 8.08. The Morgan fingerprint density at radius 2 is 2.19 bits per heavy atom. The lowest BCUT2D eigenvalue weighted by molar-refractivity contribution is 0.114. The molecule has 1 saturated heterocycles. The van der Waals surface area contributed by atoms with E-state index in [1.807, 2.05) is 0 Å². The van der Waals surface area contributed by atoms with Crippen LogP contribution >= 0.6 is 12.2 Å². The lowest BCUT2D eigenvalue weighted by Gasteiger charge is -2.30. The Hall–Kier alpha value is -0.680. The number of hydrogen-bond donors (Lipinski definition) is 2. The third kappa shape index (κ3) is 5.22. The van der Waals surface area contributed by atoms with Crippen molar-refractivity contribution >= 4 is 23.0 Å². The smallest absolute Gasteiger partial charge is 0.187 e. The van der Waals surface area contributed by atoms with Crippen LogP contribution < -0.4 is 10.7 Å². The van der Waals surface area contributed by atoms with Gasteiger partial charge in [-0.2, -0.15) is 5.10 Å². The number of hydrazone groups is 1. The molecule has 4 nitrogen and oxygen atoms in total. The summed E-state index contributed by atoms with van der Waals surface area (Å²) in [5.74, 6) is 1.97. The van der Waals surface area contributed by atoms with Gasteiger partial charge >= 0.3 is 0 Å². The van der Waals surface area contributed by atoms with Gasteiger partial charge in [-0.3, -0.25) is 5.43 Å². The molecule has 1 aliphatic heterocycles. The zero-order valence-corrected chi connectivity index (χ0v) is 14.3. The maximum Gasteiger partial charge on any atom is 0.187 e. The molecule has 0 spiro atoms. The highest BCUT2D eigenvalue weighted by Crippen LogP contribution is 2.31. The summed E-state index contributed by atoms with van der Waals surface area (Å²) in [7, 11) is 0. The number of nitrogens with zero attached hydrogens (tertiary/aromatic N) is 1. The van der Waals surface area contributed by atoms with E-state index < -0.39 is 0 Å². The molecule has 0 aromatic heterocycles. The highest BCUT2D eigenvalue weighted by Gasteiger charge is 2.27. The van der Waals surface area contributed by atoms with Crippen LogP contribution in [0.2, 0.25) is 0 Å². The minimum atomic E-state index is 0.301. The van der Waals surface area contributed by atoms with Crippen molar-refractivity contribution in [2.45, 2.75) is 59.0 Å². The van der Waals surface area contributed by atoms with Gasteiger partial charge in [0.2, 0.25) is 0 Å². The second-order valence-corrected chi connectivity index (χ2v) is 7.21. The van der Waals surface area contributed by atoms with E-state index in [1.54, 1.807) is 0 Å². The van der Waals surface area contributed by atoms with Gasteiger partial charge in [0.25, 0.3) is 0 Å². The Morgan fingerprint density at radius 3 is 2.86 bits per heavy atom. The first-order valence-corrected chi connectivity index (χ1v) is 8.69. The fourth-order valence-corrected chi connectivity index (χ4v) is 3.39. The van der Waals surface area contributed by atoms with Gasteiger partial charge in [-0.1, -0.05) is 20.8 Å². The summed E-state index contributed by atoms with van der Waals surface area (Å²) < 4.78 is 5.57. The summed E-state index contributed by atoms with van der Waals surface area (Å²) in [5, 5.41) is 8.42. The molecule has 0 bridgehead atoms. The normalized spacial score (nSPS) is 31.6. The van der Waals surface area contributed by atoms with Gasteiger partial charge in [-0.15, -0.1) is 0 Å². The van der Waals surface area contributed by atoms with E-state index in [1.165, 1.54) is 18.6 Å². The fraction of sp³-hybridized carbons (Fsp3) is 0.875. The minimum absolute atomic E-state index is 0.301. The van der Waals surface area contributed by atoms with E-state index in [4.69, 9.17) is 17.0 Å². The molecule has 2 fully saturated rings. The Kier molecular flexibility index (Phi) is 6.42. The topological polar surface area (TPSA) is 45.7 Å². The molecule has 0 radical (unpaired) electrons. The van der Waals surface area contributed by atoms with Gasteiger partial charge in [-0.25, -0.2) is 0 Å². The average molecular weight is 311 g/mol. The third-order valence-electron chi connectivity index (χ3n) is 4.58. The summed E-state index contributed by atoms with van der Waals surface area (Å²) in [6, 6.07) is 0. The van der Waals surface area contributed by atoms with Gasteiger partial charge in [0.05, 0.1) is 6.10 Å². The SMILES string of the molecule is CC(C)[C@H]1CC[C@@H](C)CC1=NNC(=S)NC[C@@H]1CCCO1. The predicted molar refractivity (Wildman–Crippen MR) is 91.5 cm³/mol. The van der Waals surface area contributed by atoms with Crippen molar-refractivity contribution in [3.05, 3.63) is 0 Å². The van der Waals surface area contributed by atoms with Crippen LogP contribution in [0.4, 0.5) is 0 Å². The third-order valence-corrected chi connectivity index (χ3v) is 4.81. The maximum absolute atomic E-state index is 5.57. The van der Waals surface area contributed by atoms with Crippen molar-refractivity contribution in [2.75, 3.05) is 13.2 Å². The Labute approximate surface area is 134 Å². The molecular weight excluding hydrogens is 282 g/mol. The van der Waals surface area contributed by atoms with Crippen LogP contribution in [0.25, 0.3) is 0 Å². The van der Waals surface area contributed by atoms with Gasteiger partial charge in [0.1, 0.15) is 0 Å². The van der Waals surface area contributed by atoms with E-state index in [0.29, 0.717) is 23.1 Å². The molecule has 21 heavy (non-hydrogen) atoms. The molecule has 3 atom stereocenters. The minimum Gasteiger partial charge on any atom is -0.376 e. The number of nitrogens with one attached hydrogen (secondary N) is 2. The molecule has 0 aromatic rings. The van der Waals surface area contributed by atoms with Crippen LogP contribution in [0.15, 0.2) is 5.10 Å². The molecule has 1 heterocycles. The summed E-state index contributed by atoms with van der Waals surface area (Å²) in [5.41, 5.74) is 4.32. The second-order valence-electron chi connectivity index (χ2n) is 6.80. The number of rotatable bonds is 4. The molecule has 2 aliphatic rings. The molecule has 2 N–H and O–H groups in total. The van der Waals surface area contributed by atoms with Crippen LogP contribution in [-0.2, 0) is 4.74 Å². The van der Waals surface area contributed by atoms with Crippen molar-refractivity contribution in [3.63, 3.8) is 0 Å². The van der Waals surface area contributed by atoms with Crippen LogP contribution in [0, 0.1) is 17.8 Å². The molecule has 0 aromatic carbocycles. The van der Waals surface area contributed by atoms with Crippen molar-refractivity contribution in [1.82, 2.24) is 10.7 Å². The number of ether oxygens (including phenoxy) is 1. The molecule has 2 rings (SSSR count). The zero-order chi connectivity index (χ0) is 15.2. The first-order chi connectivity index (χ1) is 10.1. The summed E-state index contributed by atoms with van der Waals surface area (Å²) in [6.07, 6.45) is 6.22. The predicted octanol–water partition coefficient (Wildman–Crippen LogP) is 3.08. The van der Waals surface area contributed by atoms with Crippen molar-refractivity contribution in [1.29, 1.82) is 0 Å². The average Bonchev–Trinajstić information content (AvgIpc) is 2.96. The van der Waals surface area contributed by atoms with Gasteiger partial charge in [0, 0.05) is 24.8 Å². The Morgan fingerprint density at radius 1 is 1.38 bits per heavy atom. The first-order valence-electron chi connectivity index (χ1n) is 8.28. The lowest BCUT2D eigenvalue weighted by atomic mass is 9.76.